The van der Waals surface area contributed by atoms with Gasteiger partial charge in [0.05, 0.1) is 24.6 Å². The van der Waals surface area contributed by atoms with Gasteiger partial charge in [-0.15, -0.1) is 0 Å². The minimum Gasteiger partial charge on any atom is -0.286 e. The molecule has 10 aromatic heterocycles. The summed E-state index contributed by atoms with van der Waals surface area (Å²) in [6.07, 6.45) is 12.4. The summed E-state index contributed by atoms with van der Waals surface area (Å²) < 4.78 is 12.2. The Balaban J connectivity index is 0.000000301. The smallest absolute Gasteiger partial charge is 0.286 e. The Morgan fingerprint density at radius 1 is 0.520 bits per heavy atom. The molecule has 3 N–H and O–H groups in total. The van der Waals surface area contributed by atoms with Crippen molar-refractivity contribution in [1.29, 1.82) is 0 Å². The fourth-order valence-corrected chi connectivity index (χ4v) is 9.02. The molecule has 10 heterocycles. The van der Waals surface area contributed by atoms with Gasteiger partial charge in [-0.3, -0.25) is 15.3 Å². The first kappa shape index (κ1) is 67.5. The van der Waals surface area contributed by atoms with Gasteiger partial charge in [-0.05, 0) is 217 Å². The molecule has 0 atom stereocenters. The molecule has 75 heavy (non-hydrogen) atoms. The fourth-order valence-electron chi connectivity index (χ4n) is 4.31. The Bertz CT molecular complexity index is 3140. The number of hydrogen-bond donors (Lipinski definition) is 3. The minimum absolute atomic E-state index is 0.250. The second-order valence-corrected chi connectivity index (χ2v) is 21.4. The van der Waals surface area contributed by atoms with E-state index in [2.05, 4.69) is 209 Å². The predicted octanol–water partition coefficient (Wildman–Crippen LogP) is 15.4. The molecule has 0 aliphatic heterocycles. The van der Waals surface area contributed by atoms with Crippen LogP contribution in [0.15, 0.2) is 164 Å². The van der Waals surface area contributed by atoms with Gasteiger partial charge in [-0.2, -0.15) is 49.8 Å². The molecule has 20 nitrogen and oxygen atoms in total. The molecule has 0 aliphatic rings. The monoisotopic (exact) mass is 1690 g/mol. The lowest BCUT2D eigenvalue weighted by Crippen LogP contribution is -2.01. The van der Waals surface area contributed by atoms with Crippen LogP contribution in [0, 0.1) is 6.92 Å². The highest BCUT2D eigenvalue weighted by molar-refractivity contribution is 9.14. The summed E-state index contributed by atoms with van der Waals surface area (Å²) in [4.78, 5) is 48.6. The molecule has 0 aliphatic carbocycles. The maximum Gasteiger partial charge on any atom is 0.373 e. The van der Waals surface area contributed by atoms with E-state index in [9.17, 15) is 0 Å². The summed E-state index contributed by atoms with van der Waals surface area (Å²) >= 11 is 58.1. The standard InChI is InChI=1S/C9H7BrClN3.C8H4Br2ClN3.C8H5BrClN3.C5H3Cl2N.C3HBr3N2.C3H2Br2N2.C3H4N2.2CO2/c1-6-5-8(10)13-14(6)9-7(11)3-2-4-12-9;9-6-4-7(10)14(13-6)8-5(11)2-1-3-12-8;9-7-3-5-13(12-7)8-6(10)2-1-4-11-8;6-4-2-1-3-8-5(4)7;4-1-2(5)7-8-3(1)6;4-2-1-3(5)7-6-2;1-2-4-5-3-1;2*2-1-3/h2-5H,1H3;1-4H;1-5H;1-3H;(H,7,8);1H,(H,6,7);1-3H,(H,4,5);;. The number of aryl methyl sites for hydroxylation is 1. The van der Waals surface area contributed by atoms with E-state index < -0.39 is 0 Å². The van der Waals surface area contributed by atoms with E-state index in [4.69, 9.17) is 77.2 Å². The molecule has 0 saturated heterocycles. The topological polar surface area (TPSA) is 259 Å². The number of halogens is 14. The minimum atomic E-state index is 0.250. The molecule has 0 aromatic carbocycles. The van der Waals surface area contributed by atoms with Gasteiger partial charge in [0.1, 0.15) is 42.0 Å². The number of rotatable bonds is 3. The number of nitrogens with one attached hydrogen (secondary N) is 3. The lowest BCUT2D eigenvalue weighted by atomic mass is 10.4. The van der Waals surface area contributed by atoms with Crippen LogP contribution in [0.4, 0.5) is 0 Å². The summed E-state index contributed by atoms with van der Waals surface area (Å²) in [6, 6.07) is 23.3. The zero-order valence-electron chi connectivity index (χ0n) is 36.8. The van der Waals surface area contributed by atoms with E-state index in [0.29, 0.717) is 42.7 Å². The van der Waals surface area contributed by atoms with Gasteiger partial charge in [0.15, 0.2) is 17.5 Å². The van der Waals surface area contributed by atoms with E-state index >= 15 is 0 Å². The second-order valence-electron chi connectivity index (χ2n) is 12.1. The number of hydrogen-bond acceptors (Lipinski definition) is 14. The first-order valence-electron chi connectivity index (χ1n) is 19.0. The van der Waals surface area contributed by atoms with Crippen molar-refractivity contribution >= 4 is 214 Å². The van der Waals surface area contributed by atoms with Crippen LogP contribution in [0.5, 0.6) is 0 Å². The highest BCUT2D eigenvalue weighted by Crippen LogP contribution is 2.28. The third-order valence-corrected chi connectivity index (χ3v) is 14.3. The first-order valence-corrected chi connectivity index (χ1v) is 28.1. The molecule has 0 radical (unpaired) electrons. The van der Waals surface area contributed by atoms with Crippen molar-refractivity contribution in [2.75, 3.05) is 0 Å². The number of H-pyrrole nitrogens is 3. The van der Waals surface area contributed by atoms with Crippen molar-refractivity contribution in [2.24, 2.45) is 0 Å². The van der Waals surface area contributed by atoms with Gasteiger partial charge in [-0.25, -0.2) is 34.0 Å². The molecule has 0 amide bonds. The normalized spacial score (nSPS) is 9.37. The molecular formula is C41H26Br9Cl5N16O4. The van der Waals surface area contributed by atoms with Crippen molar-refractivity contribution < 1.29 is 19.2 Å². The number of aromatic nitrogens is 16. The van der Waals surface area contributed by atoms with E-state index in [0.717, 1.165) is 47.0 Å². The summed E-state index contributed by atoms with van der Waals surface area (Å²) in [5.41, 5.74) is 0.984. The largest absolute Gasteiger partial charge is 0.373 e. The third kappa shape index (κ3) is 26.1. The zero-order valence-corrected chi connectivity index (χ0v) is 54.8. The average molecular weight is 1700 g/mol. The Hall–Kier alpha value is -3.61. The van der Waals surface area contributed by atoms with E-state index in [1.54, 1.807) is 106 Å². The van der Waals surface area contributed by atoms with E-state index in [-0.39, 0.29) is 12.3 Å². The molecule has 0 bridgehead atoms. The van der Waals surface area contributed by atoms with Gasteiger partial charge >= 0.3 is 12.3 Å². The second kappa shape index (κ2) is 38.0. The summed E-state index contributed by atoms with van der Waals surface area (Å²) in [5.74, 6) is 1.89. The average Bonchev–Trinajstić information content (AvgIpc) is 4.28. The molecule has 10 aromatic rings. The molecule has 392 valence electrons. The van der Waals surface area contributed by atoms with E-state index in [1.165, 1.54) is 0 Å². The van der Waals surface area contributed by atoms with Crippen LogP contribution >= 0.6 is 201 Å². The van der Waals surface area contributed by atoms with E-state index in [1.807, 2.05) is 37.3 Å². The lowest BCUT2D eigenvalue weighted by molar-refractivity contribution is -0.193. The third-order valence-electron chi connectivity index (χ3n) is 7.15. The lowest BCUT2D eigenvalue weighted by Gasteiger charge is -2.03. The summed E-state index contributed by atoms with van der Waals surface area (Å²) in [7, 11) is 0. The van der Waals surface area contributed by atoms with Crippen LogP contribution in [0.3, 0.4) is 0 Å². The fraction of sp³-hybridized carbons (Fsp3) is 0.0244. The highest BCUT2D eigenvalue weighted by atomic mass is 79.9. The van der Waals surface area contributed by atoms with Gasteiger partial charge < -0.3 is 0 Å². The van der Waals surface area contributed by atoms with Crippen LogP contribution in [-0.4, -0.2) is 92.2 Å². The Labute approximate surface area is 525 Å². The van der Waals surface area contributed by atoms with Crippen molar-refractivity contribution in [3.8, 4) is 17.5 Å². The van der Waals surface area contributed by atoms with Crippen molar-refractivity contribution in [2.45, 2.75) is 6.92 Å². The summed E-state index contributed by atoms with van der Waals surface area (Å²) in [6.45, 7) is 1.95. The van der Waals surface area contributed by atoms with Crippen molar-refractivity contribution in [3.05, 3.63) is 194 Å². The van der Waals surface area contributed by atoms with Gasteiger partial charge in [0.2, 0.25) is 0 Å². The zero-order chi connectivity index (χ0) is 55.9. The number of carbonyl (C=O) groups excluding carboxylic acids is 4. The Morgan fingerprint density at radius 3 is 1.32 bits per heavy atom. The quantitative estimate of drug-likeness (QED) is 0.139. The molecule has 10 rings (SSSR count). The van der Waals surface area contributed by atoms with Gasteiger partial charge in [0.25, 0.3) is 0 Å². The first-order chi connectivity index (χ1) is 35.8. The summed E-state index contributed by atoms with van der Waals surface area (Å²) in [5, 5.41) is 34.3. The van der Waals surface area contributed by atoms with Crippen LogP contribution in [0.1, 0.15) is 5.69 Å². The molecule has 0 spiro atoms. The number of pyridine rings is 4. The highest BCUT2D eigenvalue weighted by Gasteiger charge is 2.11. The van der Waals surface area contributed by atoms with Gasteiger partial charge in [-0.1, -0.05) is 58.0 Å². The van der Waals surface area contributed by atoms with Crippen LogP contribution < -0.4 is 0 Å². The van der Waals surface area contributed by atoms with Crippen LogP contribution in [-0.2, 0) is 19.2 Å². The maximum atomic E-state index is 8.12. The van der Waals surface area contributed by atoms with Crippen molar-refractivity contribution in [1.82, 2.24) is 79.9 Å². The van der Waals surface area contributed by atoms with Crippen molar-refractivity contribution in [3.63, 3.8) is 0 Å². The molecule has 0 unspecified atom stereocenters. The number of aromatic amines is 3. The van der Waals surface area contributed by atoms with Gasteiger partial charge in [0, 0.05) is 61.2 Å². The molecule has 0 saturated carbocycles. The maximum absolute atomic E-state index is 8.12. The molecule has 34 heteroatoms. The number of nitrogens with zero attached hydrogens (tertiary/aromatic N) is 13. The van der Waals surface area contributed by atoms with Crippen LogP contribution in [0.2, 0.25) is 25.2 Å². The SMILES string of the molecule is Brc1cc(Br)[nH]n1.Brc1n[nH]c(Br)c1Br.Cc1cc(Br)nn1-c1ncccc1Cl.Clc1cccnc1-n1ccc(Br)n1.Clc1cccnc1-n1nc(Br)cc1Br.Clc1cccnc1Cl.O=C=O.O=C=O.c1cn[nH]c1. The van der Waals surface area contributed by atoms with Crippen LogP contribution in [0.25, 0.3) is 17.5 Å². The molecular weight excluding hydrogens is 1680 g/mol. The predicted molar refractivity (Wildman–Crippen MR) is 313 cm³/mol. The Kier molecular flexibility index (Phi) is 34.2. The molecule has 0 fully saturated rings. The Morgan fingerprint density at radius 2 is 1.03 bits per heavy atom.